The SMILES string of the molecule is CN(CC(=O)c1ccccc1Br)CC1(O)CCOCC1. The smallest absolute Gasteiger partial charge is 0.177 e. The van der Waals surface area contributed by atoms with E-state index in [1.807, 2.05) is 36.2 Å². The highest BCUT2D eigenvalue weighted by Gasteiger charge is 2.31. The average molecular weight is 342 g/mol. The third-order valence-corrected chi connectivity index (χ3v) is 4.27. The van der Waals surface area contributed by atoms with Crippen molar-refractivity contribution in [3.05, 3.63) is 34.3 Å². The van der Waals surface area contributed by atoms with E-state index in [-0.39, 0.29) is 5.78 Å². The summed E-state index contributed by atoms with van der Waals surface area (Å²) < 4.78 is 6.07. The number of halogens is 1. The number of Topliss-reactive ketones (excluding diaryl/α,β-unsaturated/α-hetero) is 1. The first kappa shape index (κ1) is 15.6. The molecule has 0 aliphatic carbocycles. The molecule has 1 aromatic carbocycles. The summed E-state index contributed by atoms with van der Waals surface area (Å²) in [4.78, 5) is 14.1. The molecule has 1 aromatic rings. The number of carbonyl (C=O) groups is 1. The lowest BCUT2D eigenvalue weighted by molar-refractivity contribution is -0.0758. The van der Waals surface area contributed by atoms with Crippen LogP contribution in [0.3, 0.4) is 0 Å². The maximum atomic E-state index is 12.2. The Balaban J connectivity index is 1.92. The maximum absolute atomic E-state index is 12.2. The van der Waals surface area contributed by atoms with Crippen molar-refractivity contribution >= 4 is 21.7 Å². The highest BCUT2D eigenvalue weighted by molar-refractivity contribution is 9.10. The van der Waals surface area contributed by atoms with Gasteiger partial charge in [0.05, 0.1) is 12.1 Å². The van der Waals surface area contributed by atoms with Crippen LogP contribution in [-0.2, 0) is 4.74 Å². The van der Waals surface area contributed by atoms with E-state index in [2.05, 4.69) is 15.9 Å². The molecule has 1 N–H and O–H groups in total. The number of benzene rings is 1. The third-order valence-electron chi connectivity index (χ3n) is 3.58. The van der Waals surface area contributed by atoms with Crippen molar-refractivity contribution < 1.29 is 14.6 Å². The highest BCUT2D eigenvalue weighted by atomic mass is 79.9. The zero-order valence-electron chi connectivity index (χ0n) is 11.6. The first-order chi connectivity index (χ1) is 9.50. The molecule has 1 fully saturated rings. The van der Waals surface area contributed by atoms with Gasteiger partial charge in [-0.05, 0) is 13.1 Å². The van der Waals surface area contributed by atoms with Crippen LogP contribution >= 0.6 is 15.9 Å². The number of hydrogen-bond acceptors (Lipinski definition) is 4. The molecule has 110 valence electrons. The van der Waals surface area contributed by atoms with Crippen molar-refractivity contribution in [3.8, 4) is 0 Å². The van der Waals surface area contributed by atoms with Crippen LogP contribution in [0.15, 0.2) is 28.7 Å². The number of hydrogen-bond donors (Lipinski definition) is 1. The minimum Gasteiger partial charge on any atom is -0.388 e. The third kappa shape index (κ3) is 4.12. The number of nitrogens with zero attached hydrogens (tertiary/aromatic N) is 1. The average Bonchev–Trinajstić information content (AvgIpc) is 2.39. The van der Waals surface area contributed by atoms with Gasteiger partial charge in [-0.15, -0.1) is 0 Å². The minimum absolute atomic E-state index is 0.0515. The van der Waals surface area contributed by atoms with Crippen LogP contribution in [0, 0.1) is 0 Å². The summed E-state index contributed by atoms with van der Waals surface area (Å²) >= 11 is 3.39. The van der Waals surface area contributed by atoms with E-state index in [0.717, 1.165) is 4.47 Å². The molecule has 20 heavy (non-hydrogen) atoms. The summed E-state index contributed by atoms with van der Waals surface area (Å²) in [5.74, 6) is 0.0515. The molecule has 5 heteroatoms. The quantitative estimate of drug-likeness (QED) is 0.833. The molecule has 0 amide bonds. The fourth-order valence-electron chi connectivity index (χ4n) is 2.49. The second kappa shape index (κ2) is 6.80. The number of ether oxygens (including phenoxy) is 1. The molecule has 1 heterocycles. The van der Waals surface area contributed by atoms with Gasteiger partial charge >= 0.3 is 0 Å². The summed E-state index contributed by atoms with van der Waals surface area (Å²) in [6.45, 7) is 1.96. The van der Waals surface area contributed by atoms with Crippen LogP contribution in [-0.4, -0.2) is 54.7 Å². The van der Waals surface area contributed by atoms with Gasteiger partial charge < -0.3 is 9.84 Å². The van der Waals surface area contributed by atoms with E-state index >= 15 is 0 Å². The molecule has 0 spiro atoms. The van der Waals surface area contributed by atoms with Crippen molar-refractivity contribution in [1.82, 2.24) is 4.90 Å². The van der Waals surface area contributed by atoms with E-state index in [1.54, 1.807) is 0 Å². The van der Waals surface area contributed by atoms with E-state index in [1.165, 1.54) is 0 Å². The molecule has 0 atom stereocenters. The molecule has 1 aliphatic rings. The molecule has 1 aliphatic heterocycles. The Labute approximate surface area is 127 Å². The molecule has 2 rings (SSSR count). The first-order valence-corrected chi connectivity index (χ1v) is 7.56. The van der Waals surface area contributed by atoms with E-state index in [9.17, 15) is 9.90 Å². The van der Waals surface area contributed by atoms with Crippen LogP contribution in [0.5, 0.6) is 0 Å². The van der Waals surface area contributed by atoms with Crippen molar-refractivity contribution in [3.63, 3.8) is 0 Å². The van der Waals surface area contributed by atoms with Gasteiger partial charge in [0.25, 0.3) is 0 Å². The summed E-state index contributed by atoms with van der Waals surface area (Å²) in [5.41, 5.74) is -0.0559. The maximum Gasteiger partial charge on any atom is 0.177 e. The van der Waals surface area contributed by atoms with E-state index in [0.29, 0.717) is 44.7 Å². The lowest BCUT2D eigenvalue weighted by Gasteiger charge is -2.35. The number of rotatable bonds is 5. The summed E-state index contributed by atoms with van der Waals surface area (Å²) in [6, 6.07) is 7.40. The Morgan fingerprint density at radius 1 is 1.40 bits per heavy atom. The molecule has 0 unspecified atom stereocenters. The Kier molecular flexibility index (Phi) is 5.32. The Bertz CT molecular complexity index is 472. The van der Waals surface area contributed by atoms with Gasteiger partial charge in [0, 0.05) is 42.6 Å². The summed E-state index contributed by atoms with van der Waals surface area (Å²) in [5, 5.41) is 10.4. The predicted molar refractivity (Wildman–Crippen MR) is 81.0 cm³/mol. The standard InChI is InChI=1S/C15H20BrNO3/c1-17(11-15(19)6-8-20-9-7-15)10-14(18)12-4-2-3-5-13(12)16/h2-5,19H,6-11H2,1H3. The van der Waals surface area contributed by atoms with Gasteiger partial charge in [0.2, 0.25) is 0 Å². The molecule has 0 bridgehead atoms. The van der Waals surface area contributed by atoms with Gasteiger partial charge in [0.15, 0.2) is 5.78 Å². The Morgan fingerprint density at radius 3 is 2.70 bits per heavy atom. The number of ketones is 1. The van der Waals surface area contributed by atoms with Crippen LogP contribution in [0.2, 0.25) is 0 Å². The lowest BCUT2D eigenvalue weighted by atomic mass is 9.94. The topological polar surface area (TPSA) is 49.8 Å². The molecule has 4 nitrogen and oxygen atoms in total. The van der Waals surface area contributed by atoms with Crippen LogP contribution < -0.4 is 0 Å². The Hall–Kier alpha value is -0.750. The van der Waals surface area contributed by atoms with E-state index < -0.39 is 5.60 Å². The summed E-state index contributed by atoms with van der Waals surface area (Å²) in [6.07, 6.45) is 1.25. The fraction of sp³-hybridized carbons (Fsp3) is 0.533. The van der Waals surface area contributed by atoms with Gasteiger partial charge in [-0.25, -0.2) is 0 Å². The molecular formula is C15H20BrNO3. The van der Waals surface area contributed by atoms with Gasteiger partial charge in [-0.3, -0.25) is 9.69 Å². The van der Waals surface area contributed by atoms with Crippen LogP contribution in [0.1, 0.15) is 23.2 Å². The molecule has 0 radical (unpaired) electrons. The molecule has 0 saturated carbocycles. The molecule has 1 saturated heterocycles. The van der Waals surface area contributed by atoms with Crippen LogP contribution in [0.25, 0.3) is 0 Å². The number of likely N-dealkylation sites (N-methyl/N-ethyl adjacent to an activating group) is 1. The van der Waals surface area contributed by atoms with Gasteiger partial charge in [0.1, 0.15) is 0 Å². The van der Waals surface area contributed by atoms with E-state index in [4.69, 9.17) is 4.74 Å². The molecular weight excluding hydrogens is 322 g/mol. The van der Waals surface area contributed by atoms with Crippen molar-refractivity contribution in [1.29, 1.82) is 0 Å². The second-order valence-corrected chi connectivity index (χ2v) is 6.27. The fourth-order valence-corrected chi connectivity index (χ4v) is 2.99. The van der Waals surface area contributed by atoms with Crippen LogP contribution in [0.4, 0.5) is 0 Å². The van der Waals surface area contributed by atoms with Crippen molar-refractivity contribution in [2.45, 2.75) is 18.4 Å². The number of aliphatic hydroxyl groups is 1. The highest BCUT2D eigenvalue weighted by Crippen LogP contribution is 2.22. The van der Waals surface area contributed by atoms with Gasteiger partial charge in [-0.2, -0.15) is 0 Å². The summed E-state index contributed by atoms with van der Waals surface area (Å²) in [7, 11) is 1.86. The lowest BCUT2D eigenvalue weighted by Crippen LogP contribution is -2.46. The zero-order valence-corrected chi connectivity index (χ0v) is 13.2. The van der Waals surface area contributed by atoms with Crippen molar-refractivity contribution in [2.75, 3.05) is 33.4 Å². The predicted octanol–water partition coefficient (Wildman–Crippen LogP) is 2.11. The number of carbonyl (C=O) groups excluding carboxylic acids is 1. The van der Waals surface area contributed by atoms with Crippen molar-refractivity contribution in [2.24, 2.45) is 0 Å². The zero-order chi connectivity index (χ0) is 14.6. The first-order valence-electron chi connectivity index (χ1n) is 6.77. The second-order valence-electron chi connectivity index (χ2n) is 5.41. The normalized spacial score (nSPS) is 18.2. The van der Waals surface area contributed by atoms with Gasteiger partial charge in [-0.1, -0.05) is 34.1 Å². The minimum atomic E-state index is -0.735. The molecule has 0 aromatic heterocycles. The Morgan fingerprint density at radius 2 is 2.05 bits per heavy atom. The largest absolute Gasteiger partial charge is 0.388 e. The monoisotopic (exact) mass is 341 g/mol.